The summed E-state index contributed by atoms with van der Waals surface area (Å²) in [6.07, 6.45) is -3.23. The molecule has 0 saturated carbocycles. The summed E-state index contributed by atoms with van der Waals surface area (Å²) < 4.78 is 7.38. The molecule has 0 bridgehead atoms. The van der Waals surface area contributed by atoms with Crippen LogP contribution in [-0.2, 0) is 11.2 Å². The fraction of sp³-hybridized carbons (Fsp3) is 0.368. The van der Waals surface area contributed by atoms with Gasteiger partial charge in [-0.05, 0) is 29.7 Å². The molecule has 4 rings (SSSR count). The lowest BCUT2D eigenvalue weighted by atomic mass is 9.99. The minimum Gasteiger partial charge on any atom is -0.409 e. The molecule has 2 aromatic heterocycles. The highest BCUT2D eigenvalue weighted by Gasteiger charge is 2.47. The van der Waals surface area contributed by atoms with Gasteiger partial charge >= 0.3 is 0 Å². The van der Waals surface area contributed by atoms with Crippen LogP contribution in [0.5, 0.6) is 0 Å². The van der Waals surface area contributed by atoms with Crippen molar-refractivity contribution in [2.45, 2.75) is 37.1 Å². The van der Waals surface area contributed by atoms with Gasteiger partial charge in [-0.15, -0.1) is 0 Å². The molecule has 1 aliphatic rings. The molecule has 0 spiro atoms. The van der Waals surface area contributed by atoms with Crippen LogP contribution in [0, 0.1) is 0 Å². The van der Waals surface area contributed by atoms with Crippen molar-refractivity contribution < 1.29 is 30.4 Å². The standard InChI is InChI=1S/C19H20Cl2N4O6/c20-10-2-1-8(5-11(10)21)13(27)16-14(28)15(29)19(31-16)25-6-9(3-4-26)12-17(24-30)22-7-23-18(12)25/h1-2,5-7,13-16,19,26-30H,3-4H2,(H,22,23,24)/t13-,14+,15-,16-,19-/m1/s1. The van der Waals surface area contributed by atoms with E-state index in [1.54, 1.807) is 12.3 Å². The van der Waals surface area contributed by atoms with Gasteiger partial charge in [0.2, 0.25) is 5.49 Å². The van der Waals surface area contributed by atoms with Crippen molar-refractivity contribution in [3.63, 3.8) is 0 Å². The Bertz CT molecular complexity index is 1170. The predicted octanol–water partition coefficient (Wildman–Crippen LogP) is 0.849. The Hall–Kier alpha value is -2.18. The number of aliphatic hydroxyl groups is 4. The molecule has 12 heteroatoms. The molecule has 3 aromatic rings. The van der Waals surface area contributed by atoms with Gasteiger partial charge in [0.05, 0.1) is 21.8 Å². The van der Waals surface area contributed by atoms with Crippen molar-refractivity contribution in [3.8, 4) is 0 Å². The van der Waals surface area contributed by atoms with E-state index in [1.807, 2.05) is 0 Å². The maximum atomic E-state index is 10.8. The van der Waals surface area contributed by atoms with E-state index in [4.69, 9.17) is 27.9 Å². The number of H-pyrrole nitrogens is 1. The Morgan fingerprint density at radius 3 is 2.68 bits per heavy atom. The number of fused-ring (bicyclic) bond motifs is 1. The zero-order chi connectivity index (χ0) is 22.3. The van der Waals surface area contributed by atoms with E-state index >= 15 is 0 Å². The number of benzene rings is 1. The van der Waals surface area contributed by atoms with Gasteiger partial charge in [0, 0.05) is 12.8 Å². The number of aromatic nitrogens is 3. The van der Waals surface area contributed by atoms with E-state index < -0.39 is 30.6 Å². The lowest BCUT2D eigenvalue weighted by Crippen LogP contribution is -2.34. The third kappa shape index (κ3) is 3.80. The van der Waals surface area contributed by atoms with E-state index in [1.165, 1.54) is 23.0 Å². The highest BCUT2D eigenvalue weighted by Crippen LogP contribution is 2.38. The summed E-state index contributed by atoms with van der Waals surface area (Å²) in [7, 11) is 0. The van der Waals surface area contributed by atoms with Crippen LogP contribution in [-0.4, -0.2) is 65.1 Å². The molecule has 6 N–H and O–H groups in total. The highest BCUT2D eigenvalue weighted by molar-refractivity contribution is 6.42. The number of rotatable bonds is 5. The first-order valence-corrected chi connectivity index (χ1v) is 10.1. The topological polar surface area (TPSA) is 156 Å². The third-order valence-electron chi connectivity index (χ3n) is 5.34. The largest absolute Gasteiger partial charge is 0.409 e. The molecular formula is C19H20Cl2N4O6. The summed E-state index contributed by atoms with van der Waals surface area (Å²) in [5.41, 5.74) is 1.37. The average molecular weight is 471 g/mol. The summed E-state index contributed by atoms with van der Waals surface area (Å²) in [6, 6.07) is 4.52. The van der Waals surface area contributed by atoms with Gasteiger partial charge < -0.3 is 39.9 Å². The second-order valence-electron chi connectivity index (χ2n) is 7.18. The maximum Gasteiger partial charge on any atom is 0.203 e. The van der Waals surface area contributed by atoms with Gasteiger partial charge in [-0.3, -0.25) is 0 Å². The lowest BCUT2D eigenvalue weighted by molar-refractivity contribution is -0.0848. The summed E-state index contributed by atoms with van der Waals surface area (Å²) in [5, 5.41) is 54.9. The molecule has 0 aliphatic carbocycles. The molecule has 3 heterocycles. The van der Waals surface area contributed by atoms with Gasteiger partial charge in [0.15, 0.2) is 6.23 Å². The zero-order valence-electron chi connectivity index (χ0n) is 15.9. The number of aromatic amines is 1. The van der Waals surface area contributed by atoms with E-state index in [-0.39, 0.29) is 23.5 Å². The van der Waals surface area contributed by atoms with Crippen LogP contribution in [0.4, 0.5) is 0 Å². The zero-order valence-corrected chi connectivity index (χ0v) is 17.4. The third-order valence-corrected chi connectivity index (χ3v) is 6.08. The number of aliphatic hydroxyl groups excluding tert-OH is 4. The number of halogens is 2. The molecule has 0 radical (unpaired) electrons. The van der Waals surface area contributed by atoms with Gasteiger partial charge in [0.1, 0.15) is 30.1 Å². The van der Waals surface area contributed by atoms with Crippen molar-refractivity contribution in [3.05, 3.63) is 57.4 Å². The molecule has 1 aliphatic heterocycles. The number of nitrogens with zero attached hydrogens (tertiary/aromatic N) is 3. The molecule has 0 amide bonds. The summed E-state index contributed by atoms with van der Waals surface area (Å²) in [6.45, 7) is -0.172. The number of hydrogen-bond donors (Lipinski definition) is 6. The van der Waals surface area contributed by atoms with Gasteiger partial charge in [-0.1, -0.05) is 34.4 Å². The summed E-state index contributed by atoms with van der Waals surface area (Å²) >= 11 is 11.9. The smallest absolute Gasteiger partial charge is 0.203 e. The lowest BCUT2D eigenvalue weighted by Gasteiger charge is -2.21. The van der Waals surface area contributed by atoms with Crippen molar-refractivity contribution in [1.82, 2.24) is 14.5 Å². The van der Waals surface area contributed by atoms with Crippen molar-refractivity contribution >= 4 is 34.2 Å². The van der Waals surface area contributed by atoms with Crippen LogP contribution in [0.3, 0.4) is 0 Å². The van der Waals surface area contributed by atoms with E-state index in [0.29, 0.717) is 27.2 Å². The molecule has 1 saturated heterocycles. The average Bonchev–Trinajstić information content (AvgIpc) is 3.27. The van der Waals surface area contributed by atoms with Crippen LogP contribution in [0.2, 0.25) is 10.0 Å². The number of nitrogens with one attached hydrogen (secondary N) is 1. The highest BCUT2D eigenvalue weighted by atomic mass is 35.5. The molecular weight excluding hydrogens is 451 g/mol. The molecule has 1 aromatic carbocycles. The second-order valence-corrected chi connectivity index (χ2v) is 7.99. The summed E-state index contributed by atoms with van der Waals surface area (Å²) in [5.74, 6) is 0. The predicted molar refractivity (Wildman–Crippen MR) is 110 cm³/mol. The molecule has 0 unspecified atom stereocenters. The Labute approximate surface area is 185 Å². The normalized spacial score (nSPS) is 25.4. The van der Waals surface area contributed by atoms with Crippen LogP contribution in [0.15, 0.2) is 35.9 Å². The first-order chi connectivity index (χ1) is 14.9. The number of ether oxygens (including phenoxy) is 1. The molecule has 1 fully saturated rings. The van der Waals surface area contributed by atoms with Crippen LogP contribution >= 0.6 is 23.2 Å². The Balaban J connectivity index is 1.73. The Kier molecular flexibility index (Phi) is 6.22. The Morgan fingerprint density at radius 2 is 2.00 bits per heavy atom. The second kappa shape index (κ2) is 8.75. The minimum absolute atomic E-state index is 0.0244. The molecule has 31 heavy (non-hydrogen) atoms. The van der Waals surface area contributed by atoms with Crippen LogP contribution in [0.25, 0.3) is 11.0 Å². The van der Waals surface area contributed by atoms with E-state index in [9.17, 15) is 25.6 Å². The van der Waals surface area contributed by atoms with Crippen LogP contribution < -0.4 is 5.49 Å². The molecule has 166 valence electrons. The SMILES string of the molecule is OCCc1cn([C@@H]2O[C@H]([C@H](O)c3ccc(Cl)c(Cl)c3)[C@@H](O)[C@H]2O)c2[nH]cn/c(=N\O)c12. The van der Waals surface area contributed by atoms with Crippen LogP contribution in [0.1, 0.15) is 23.5 Å². The molecule has 10 nitrogen and oxygen atoms in total. The Morgan fingerprint density at radius 1 is 1.23 bits per heavy atom. The van der Waals surface area contributed by atoms with Crippen molar-refractivity contribution in [2.75, 3.05) is 6.61 Å². The molecule has 5 atom stereocenters. The van der Waals surface area contributed by atoms with E-state index in [2.05, 4.69) is 15.1 Å². The van der Waals surface area contributed by atoms with Gasteiger partial charge in [0.25, 0.3) is 0 Å². The van der Waals surface area contributed by atoms with E-state index in [0.717, 1.165) is 0 Å². The minimum atomic E-state index is -1.42. The summed E-state index contributed by atoms with van der Waals surface area (Å²) in [4.78, 5) is 6.86. The fourth-order valence-corrected chi connectivity index (χ4v) is 4.15. The van der Waals surface area contributed by atoms with Gasteiger partial charge in [-0.2, -0.15) is 0 Å². The van der Waals surface area contributed by atoms with Gasteiger partial charge in [-0.25, -0.2) is 4.98 Å². The quantitative estimate of drug-likeness (QED) is 0.238. The first kappa shape index (κ1) is 22.0. The number of hydrogen-bond acceptors (Lipinski definition) is 8. The monoisotopic (exact) mass is 470 g/mol. The maximum absolute atomic E-state index is 10.8. The van der Waals surface area contributed by atoms with Crippen molar-refractivity contribution in [2.24, 2.45) is 5.16 Å². The first-order valence-electron chi connectivity index (χ1n) is 9.38. The fourth-order valence-electron chi connectivity index (χ4n) is 3.84. The van der Waals surface area contributed by atoms with Crippen molar-refractivity contribution in [1.29, 1.82) is 0 Å².